The third-order valence-electron chi connectivity index (χ3n) is 3.83. The predicted octanol–water partition coefficient (Wildman–Crippen LogP) is 2.18. The summed E-state index contributed by atoms with van der Waals surface area (Å²) in [6.45, 7) is 7.13. The van der Waals surface area contributed by atoms with E-state index in [1.807, 2.05) is 12.1 Å². The van der Waals surface area contributed by atoms with Crippen molar-refractivity contribution in [3.05, 3.63) is 29.8 Å². The van der Waals surface area contributed by atoms with Crippen LogP contribution in [0.2, 0.25) is 0 Å². The minimum Gasteiger partial charge on any atom is -0.496 e. The van der Waals surface area contributed by atoms with E-state index in [0.29, 0.717) is 12.1 Å². The molecular formula is C17H30N2O2. The van der Waals surface area contributed by atoms with Crippen LogP contribution in [0.5, 0.6) is 5.75 Å². The molecule has 0 aromatic heterocycles. The Morgan fingerprint density at radius 3 is 2.57 bits per heavy atom. The topological polar surface area (TPSA) is 33.7 Å². The highest BCUT2D eigenvalue weighted by Gasteiger charge is 2.12. The van der Waals surface area contributed by atoms with E-state index in [2.05, 4.69) is 43.2 Å². The molecule has 0 aliphatic heterocycles. The summed E-state index contributed by atoms with van der Waals surface area (Å²) in [5, 5.41) is 3.46. The van der Waals surface area contributed by atoms with Crippen LogP contribution in [0.4, 0.5) is 0 Å². The standard InChI is InChI=1S/C17H30N2O2/c1-14(13-20-4)18-10-11-19(3)15(2)12-16-8-6-7-9-17(16)21-5/h6-9,14-15,18H,10-13H2,1-5H3. The van der Waals surface area contributed by atoms with Gasteiger partial charge in [0.2, 0.25) is 0 Å². The molecule has 0 spiro atoms. The molecule has 120 valence electrons. The van der Waals surface area contributed by atoms with Gasteiger partial charge in [-0.3, -0.25) is 0 Å². The molecule has 4 nitrogen and oxygen atoms in total. The zero-order valence-corrected chi connectivity index (χ0v) is 14.1. The van der Waals surface area contributed by atoms with E-state index in [0.717, 1.165) is 31.9 Å². The van der Waals surface area contributed by atoms with E-state index in [-0.39, 0.29) is 0 Å². The van der Waals surface area contributed by atoms with Crippen molar-refractivity contribution >= 4 is 0 Å². The van der Waals surface area contributed by atoms with Gasteiger partial charge in [-0.2, -0.15) is 0 Å². The van der Waals surface area contributed by atoms with Crippen LogP contribution in [-0.2, 0) is 11.2 Å². The Bertz CT molecular complexity index is 398. The molecule has 0 bridgehead atoms. The van der Waals surface area contributed by atoms with Gasteiger partial charge in [-0.25, -0.2) is 0 Å². The summed E-state index contributed by atoms with van der Waals surface area (Å²) in [7, 11) is 5.64. The molecule has 0 heterocycles. The van der Waals surface area contributed by atoms with Gasteiger partial charge in [0, 0.05) is 32.3 Å². The second kappa shape index (κ2) is 9.77. The summed E-state index contributed by atoms with van der Waals surface area (Å²) in [5.41, 5.74) is 1.26. The van der Waals surface area contributed by atoms with E-state index in [4.69, 9.17) is 9.47 Å². The van der Waals surface area contributed by atoms with Gasteiger partial charge in [0.05, 0.1) is 13.7 Å². The first-order valence-electron chi connectivity index (χ1n) is 7.63. The first kappa shape index (κ1) is 18.0. The van der Waals surface area contributed by atoms with Crippen LogP contribution in [0, 0.1) is 0 Å². The summed E-state index contributed by atoms with van der Waals surface area (Å²) in [6, 6.07) is 9.11. The number of rotatable bonds is 10. The molecule has 0 saturated carbocycles. The van der Waals surface area contributed by atoms with E-state index in [1.54, 1.807) is 14.2 Å². The van der Waals surface area contributed by atoms with E-state index >= 15 is 0 Å². The molecule has 21 heavy (non-hydrogen) atoms. The third-order valence-corrected chi connectivity index (χ3v) is 3.83. The Labute approximate surface area is 129 Å². The minimum atomic E-state index is 0.396. The molecule has 1 aromatic rings. The van der Waals surface area contributed by atoms with Crippen molar-refractivity contribution < 1.29 is 9.47 Å². The molecule has 0 fully saturated rings. The van der Waals surface area contributed by atoms with Gasteiger partial charge in [0.1, 0.15) is 5.75 Å². The Kier molecular flexibility index (Phi) is 8.35. The number of nitrogens with zero attached hydrogens (tertiary/aromatic N) is 1. The predicted molar refractivity (Wildman–Crippen MR) is 88.1 cm³/mol. The van der Waals surface area contributed by atoms with Crippen molar-refractivity contribution in [1.82, 2.24) is 10.2 Å². The van der Waals surface area contributed by atoms with Gasteiger partial charge in [-0.15, -0.1) is 0 Å². The van der Waals surface area contributed by atoms with Crippen molar-refractivity contribution in [2.75, 3.05) is 41.0 Å². The number of likely N-dealkylation sites (N-methyl/N-ethyl adjacent to an activating group) is 1. The second-order valence-corrected chi connectivity index (χ2v) is 5.66. The fraction of sp³-hybridized carbons (Fsp3) is 0.647. The zero-order chi connectivity index (χ0) is 15.7. The maximum absolute atomic E-state index is 5.42. The number of methoxy groups -OCH3 is 2. The molecule has 4 heteroatoms. The Morgan fingerprint density at radius 1 is 1.19 bits per heavy atom. The Balaban J connectivity index is 2.38. The van der Waals surface area contributed by atoms with Crippen LogP contribution in [0.3, 0.4) is 0 Å². The SMILES string of the molecule is COCC(C)NCCN(C)C(C)Cc1ccccc1OC. The number of nitrogens with one attached hydrogen (secondary N) is 1. The maximum Gasteiger partial charge on any atom is 0.122 e. The van der Waals surface area contributed by atoms with Crippen LogP contribution in [-0.4, -0.2) is 57.9 Å². The van der Waals surface area contributed by atoms with Gasteiger partial charge in [-0.05, 0) is 38.9 Å². The van der Waals surface area contributed by atoms with Gasteiger partial charge < -0.3 is 19.7 Å². The molecule has 0 radical (unpaired) electrons. The Hall–Kier alpha value is -1.10. The summed E-state index contributed by atoms with van der Waals surface area (Å²) in [5.74, 6) is 0.976. The van der Waals surface area contributed by atoms with Crippen LogP contribution in [0.25, 0.3) is 0 Å². The van der Waals surface area contributed by atoms with Crippen molar-refractivity contribution in [1.29, 1.82) is 0 Å². The highest BCUT2D eigenvalue weighted by Crippen LogP contribution is 2.19. The summed E-state index contributed by atoms with van der Waals surface area (Å²) in [4.78, 5) is 2.37. The smallest absolute Gasteiger partial charge is 0.122 e. The van der Waals surface area contributed by atoms with E-state index in [1.165, 1.54) is 5.56 Å². The van der Waals surface area contributed by atoms with Gasteiger partial charge >= 0.3 is 0 Å². The molecule has 2 unspecified atom stereocenters. The first-order valence-corrected chi connectivity index (χ1v) is 7.63. The lowest BCUT2D eigenvalue weighted by atomic mass is 10.1. The first-order chi connectivity index (χ1) is 10.1. The molecule has 0 saturated heterocycles. The second-order valence-electron chi connectivity index (χ2n) is 5.66. The third kappa shape index (κ3) is 6.46. The number of hydrogen-bond donors (Lipinski definition) is 1. The molecular weight excluding hydrogens is 264 g/mol. The largest absolute Gasteiger partial charge is 0.496 e. The van der Waals surface area contributed by atoms with Gasteiger partial charge in [0.15, 0.2) is 0 Å². The highest BCUT2D eigenvalue weighted by molar-refractivity contribution is 5.33. The molecule has 1 aromatic carbocycles. The van der Waals surface area contributed by atoms with Crippen LogP contribution in [0.15, 0.2) is 24.3 Å². The van der Waals surface area contributed by atoms with Gasteiger partial charge in [0.25, 0.3) is 0 Å². The molecule has 0 amide bonds. The average Bonchev–Trinajstić information content (AvgIpc) is 2.47. The Morgan fingerprint density at radius 2 is 1.90 bits per heavy atom. The quantitative estimate of drug-likeness (QED) is 0.717. The van der Waals surface area contributed by atoms with E-state index < -0.39 is 0 Å². The summed E-state index contributed by atoms with van der Waals surface area (Å²) < 4.78 is 10.5. The number of benzene rings is 1. The molecule has 2 atom stereocenters. The molecule has 0 aliphatic rings. The highest BCUT2D eigenvalue weighted by atomic mass is 16.5. The van der Waals surface area contributed by atoms with Gasteiger partial charge in [-0.1, -0.05) is 18.2 Å². The molecule has 1 N–H and O–H groups in total. The van der Waals surface area contributed by atoms with Crippen LogP contribution in [0.1, 0.15) is 19.4 Å². The van der Waals surface area contributed by atoms with Crippen molar-refractivity contribution in [3.63, 3.8) is 0 Å². The van der Waals surface area contributed by atoms with Crippen LogP contribution < -0.4 is 10.1 Å². The van der Waals surface area contributed by atoms with Crippen molar-refractivity contribution in [2.45, 2.75) is 32.4 Å². The summed E-state index contributed by atoms with van der Waals surface area (Å²) >= 11 is 0. The van der Waals surface area contributed by atoms with Crippen LogP contribution >= 0.6 is 0 Å². The summed E-state index contributed by atoms with van der Waals surface area (Å²) in [6.07, 6.45) is 0.994. The monoisotopic (exact) mass is 294 g/mol. The maximum atomic E-state index is 5.42. The number of para-hydroxylation sites is 1. The minimum absolute atomic E-state index is 0.396. The lowest BCUT2D eigenvalue weighted by Gasteiger charge is -2.26. The fourth-order valence-corrected chi connectivity index (χ4v) is 2.36. The van der Waals surface area contributed by atoms with Crippen molar-refractivity contribution in [2.24, 2.45) is 0 Å². The number of hydrogen-bond acceptors (Lipinski definition) is 4. The lowest BCUT2D eigenvalue weighted by molar-refractivity contribution is 0.168. The fourth-order valence-electron chi connectivity index (χ4n) is 2.36. The zero-order valence-electron chi connectivity index (χ0n) is 14.1. The lowest BCUT2D eigenvalue weighted by Crippen LogP contribution is -2.40. The molecule has 0 aliphatic carbocycles. The number of ether oxygens (including phenoxy) is 2. The normalized spacial score (nSPS) is 14.2. The molecule has 1 rings (SSSR count). The average molecular weight is 294 g/mol. The van der Waals surface area contributed by atoms with E-state index in [9.17, 15) is 0 Å². The van der Waals surface area contributed by atoms with Crippen molar-refractivity contribution in [3.8, 4) is 5.75 Å².